The van der Waals surface area contributed by atoms with Crippen molar-refractivity contribution in [2.45, 2.75) is 26.7 Å². The van der Waals surface area contributed by atoms with E-state index in [1.54, 1.807) is 55.5 Å². The molecule has 1 aliphatic heterocycles. The summed E-state index contributed by atoms with van der Waals surface area (Å²) in [5, 5.41) is 3.44. The van der Waals surface area contributed by atoms with Crippen LogP contribution in [0.15, 0.2) is 48.5 Å². The lowest BCUT2D eigenvalue weighted by molar-refractivity contribution is -0.120. The molecule has 1 N–H and O–H groups in total. The lowest BCUT2D eigenvalue weighted by Crippen LogP contribution is -2.50. The summed E-state index contributed by atoms with van der Waals surface area (Å²) in [6.45, 7) is 5.06. The molecule has 0 aromatic heterocycles. The molecule has 0 saturated carbocycles. The van der Waals surface area contributed by atoms with Crippen LogP contribution in [0.25, 0.3) is 0 Å². The molecule has 7 nitrogen and oxygen atoms in total. The molecule has 1 heterocycles. The lowest BCUT2D eigenvalue weighted by Gasteiger charge is -2.35. The van der Waals surface area contributed by atoms with Crippen molar-refractivity contribution >= 4 is 39.1 Å². The van der Waals surface area contributed by atoms with Gasteiger partial charge in [-0.25, -0.2) is 0 Å². The van der Waals surface area contributed by atoms with Gasteiger partial charge in [0.25, 0.3) is 0 Å². The first-order chi connectivity index (χ1) is 14.8. The summed E-state index contributed by atoms with van der Waals surface area (Å²) in [7, 11) is -3.77. The standard InChI is InChI=1S/C22H28ClN3O4S/c1-3-26(20-11-13-21(14-12-20)30-4-2)31(28,29)25-15-5-6-17(16-25)22(27)24-19-9-7-18(23)8-10-19/h7-14,17H,3-6,15-16H2,1-2H3,(H,24,27)/t17-/m0/s1. The van der Waals surface area contributed by atoms with Crippen LogP contribution in [0.2, 0.25) is 5.02 Å². The Bertz CT molecular complexity index is 981. The maximum Gasteiger partial charge on any atom is 0.304 e. The van der Waals surface area contributed by atoms with Crippen LogP contribution in [0.4, 0.5) is 11.4 Å². The van der Waals surface area contributed by atoms with E-state index >= 15 is 0 Å². The van der Waals surface area contributed by atoms with Gasteiger partial charge >= 0.3 is 10.2 Å². The number of piperidine rings is 1. The van der Waals surface area contributed by atoms with Crippen LogP contribution in [0.5, 0.6) is 5.75 Å². The number of halogens is 1. The van der Waals surface area contributed by atoms with Crippen LogP contribution < -0.4 is 14.4 Å². The Morgan fingerprint density at radius 1 is 1.16 bits per heavy atom. The zero-order valence-corrected chi connectivity index (χ0v) is 19.3. The quantitative estimate of drug-likeness (QED) is 0.634. The van der Waals surface area contributed by atoms with Crippen LogP contribution >= 0.6 is 11.6 Å². The topological polar surface area (TPSA) is 79.0 Å². The van der Waals surface area contributed by atoms with Gasteiger partial charge in [-0.3, -0.25) is 9.10 Å². The highest BCUT2D eigenvalue weighted by atomic mass is 35.5. The van der Waals surface area contributed by atoms with Crippen molar-refractivity contribution in [3.8, 4) is 5.75 Å². The predicted octanol–water partition coefficient (Wildman–Crippen LogP) is 4.16. The number of anilines is 2. The van der Waals surface area contributed by atoms with Crippen molar-refractivity contribution in [2.75, 3.05) is 35.9 Å². The first-order valence-electron chi connectivity index (χ1n) is 10.4. The van der Waals surface area contributed by atoms with E-state index in [1.165, 1.54) is 8.61 Å². The molecule has 9 heteroatoms. The number of carbonyl (C=O) groups is 1. The maximum absolute atomic E-state index is 13.4. The highest BCUT2D eigenvalue weighted by molar-refractivity contribution is 7.90. The average molecular weight is 466 g/mol. The highest BCUT2D eigenvalue weighted by Gasteiger charge is 2.35. The Morgan fingerprint density at radius 2 is 1.84 bits per heavy atom. The summed E-state index contributed by atoms with van der Waals surface area (Å²) in [4.78, 5) is 12.7. The number of nitrogens with one attached hydrogen (secondary N) is 1. The predicted molar refractivity (Wildman–Crippen MR) is 124 cm³/mol. The number of ether oxygens (including phenoxy) is 1. The summed E-state index contributed by atoms with van der Waals surface area (Å²) in [5.74, 6) is 0.0844. The van der Waals surface area contributed by atoms with E-state index in [1.807, 2.05) is 6.92 Å². The molecule has 1 fully saturated rings. The summed E-state index contributed by atoms with van der Waals surface area (Å²) in [5.41, 5.74) is 1.21. The van der Waals surface area contributed by atoms with Gasteiger partial charge in [0.2, 0.25) is 5.91 Å². The monoisotopic (exact) mass is 465 g/mol. The summed E-state index contributed by atoms with van der Waals surface area (Å²) in [6, 6.07) is 13.8. The summed E-state index contributed by atoms with van der Waals surface area (Å²) in [6.07, 6.45) is 1.26. The fourth-order valence-electron chi connectivity index (χ4n) is 3.64. The van der Waals surface area contributed by atoms with Crippen molar-refractivity contribution < 1.29 is 17.9 Å². The average Bonchev–Trinajstić information content (AvgIpc) is 2.77. The largest absolute Gasteiger partial charge is 0.494 e. The normalized spacial score (nSPS) is 17.2. The van der Waals surface area contributed by atoms with Gasteiger partial charge in [-0.2, -0.15) is 12.7 Å². The molecule has 2 aromatic rings. The molecule has 0 bridgehead atoms. The molecule has 1 aliphatic rings. The molecule has 1 amide bonds. The SMILES string of the molecule is CCOc1ccc(N(CC)S(=O)(=O)N2CCC[C@H](C(=O)Nc3ccc(Cl)cc3)C2)cc1. The third-order valence-electron chi connectivity index (χ3n) is 5.19. The van der Waals surface area contributed by atoms with Gasteiger partial charge < -0.3 is 10.1 Å². The van der Waals surface area contributed by atoms with Crippen LogP contribution in [0.1, 0.15) is 26.7 Å². The van der Waals surface area contributed by atoms with Crippen molar-refractivity contribution in [1.82, 2.24) is 4.31 Å². The van der Waals surface area contributed by atoms with Crippen LogP contribution in [0, 0.1) is 5.92 Å². The van der Waals surface area contributed by atoms with Gasteiger partial charge in [-0.1, -0.05) is 11.6 Å². The number of nitrogens with zero attached hydrogens (tertiary/aromatic N) is 2. The number of carbonyl (C=O) groups excluding carboxylic acids is 1. The maximum atomic E-state index is 13.4. The van der Waals surface area contributed by atoms with Crippen molar-refractivity contribution in [1.29, 1.82) is 0 Å². The number of rotatable bonds is 8. The van der Waals surface area contributed by atoms with Crippen LogP contribution in [0.3, 0.4) is 0 Å². The van der Waals surface area contributed by atoms with E-state index in [9.17, 15) is 13.2 Å². The zero-order valence-electron chi connectivity index (χ0n) is 17.8. The smallest absolute Gasteiger partial charge is 0.304 e. The molecule has 0 aliphatic carbocycles. The fourth-order valence-corrected chi connectivity index (χ4v) is 5.48. The third kappa shape index (κ3) is 5.70. The van der Waals surface area contributed by atoms with Gasteiger partial charge in [-0.05, 0) is 75.2 Å². The Labute approximate surface area is 189 Å². The van der Waals surface area contributed by atoms with Crippen LogP contribution in [-0.2, 0) is 15.0 Å². The number of benzene rings is 2. The second-order valence-corrected chi connectivity index (χ2v) is 9.58. The van der Waals surface area contributed by atoms with E-state index in [-0.39, 0.29) is 19.0 Å². The van der Waals surface area contributed by atoms with Crippen molar-refractivity contribution in [3.05, 3.63) is 53.6 Å². The van der Waals surface area contributed by atoms with Crippen molar-refractivity contribution in [3.63, 3.8) is 0 Å². The first-order valence-corrected chi connectivity index (χ1v) is 12.2. The molecule has 1 saturated heterocycles. The molecule has 0 spiro atoms. The summed E-state index contributed by atoms with van der Waals surface area (Å²) < 4.78 is 34.9. The third-order valence-corrected chi connectivity index (χ3v) is 7.46. The van der Waals surface area contributed by atoms with Crippen molar-refractivity contribution in [2.24, 2.45) is 5.92 Å². The number of hydrogen-bond acceptors (Lipinski definition) is 4. The minimum atomic E-state index is -3.77. The van der Waals surface area contributed by atoms with Gasteiger partial charge in [0, 0.05) is 30.3 Å². The van der Waals surface area contributed by atoms with Gasteiger partial charge in [0.15, 0.2) is 0 Å². The molecule has 0 unspecified atom stereocenters. The Kier molecular flexibility index (Phi) is 7.80. The van der Waals surface area contributed by atoms with E-state index in [0.717, 1.165) is 0 Å². The first kappa shape index (κ1) is 23.4. The molecule has 1 atom stereocenters. The van der Waals surface area contributed by atoms with E-state index in [0.29, 0.717) is 48.1 Å². The Balaban J connectivity index is 1.72. The van der Waals surface area contributed by atoms with E-state index < -0.39 is 16.1 Å². The molecule has 168 valence electrons. The molecular weight excluding hydrogens is 438 g/mol. The molecule has 31 heavy (non-hydrogen) atoms. The number of amides is 1. The van der Waals surface area contributed by atoms with Gasteiger partial charge in [-0.15, -0.1) is 0 Å². The van der Waals surface area contributed by atoms with Gasteiger partial charge in [0.05, 0.1) is 18.2 Å². The molecule has 3 rings (SSSR count). The lowest BCUT2D eigenvalue weighted by atomic mass is 9.99. The zero-order chi connectivity index (χ0) is 22.4. The van der Waals surface area contributed by atoms with Crippen LogP contribution in [-0.4, -0.2) is 44.9 Å². The van der Waals surface area contributed by atoms with E-state index in [4.69, 9.17) is 16.3 Å². The minimum Gasteiger partial charge on any atom is -0.494 e. The molecular formula is C22H28ClN3O4S. The second-order valence-electron chi connectivity index (χ2n) is 7.29. The Hall–Kier alpha value is -2.29. The number of hydrogen-bond donors (Lipinski definition) is 1. The highest BCUT2D eigenvalue weighted by Crippen LogP contribution is 2.27. The minimum absolute atomic E-state index is 0.148. The van der Waals surface area contributed by atoms with E-state index in [2.05, 4.69) is 5.32 Å². The second kappa shape index (κ2) is 10.3. The molecule has 2 aromatic carbocycles. The summed E-state index contributed by atoms with van der Waals surface area (Å²) >= 11 is 5.89. The molecule has 0 radical (unpaired) electrons. The Morgan fingerprint density at radius 3 is 2.45 bits per heavy atom. The van der Waals surface area contributed by atoms with Gasteiger partial charge in [0.1, 0.15) is 5.75 Å². The fraction of sp³-hybridized carbons (Fsp3) is 0.409.